The highest BCUT2D eigenvalue weighted by Gasteiger charge is 2.27. The van der Waals surface area contributed by atoms with Gasteiger partial charge in [-0.3, -0.25) is 0 Å². The van der Waals surface area contributed by atoms with Crippen molar-refractivity contribution in [2.24, 2.45) is 11.1 Å². The molecule has 1 fully saturated rings. The maximum atomic E-state index is 5.91. The molecule has 0 bridgehead atoms. The van der Waals surface area contributed by atoms with Gasteiger partial charge >= 0.3 is 0 Å². The van der Waals surface area contributed by atoms with E-state index in [1.807, 2.05) is 0 Å². The zero-order valence-electron chi connectivity index (χ0n) is 10.8. The Kier molecular flexibility index (Phi) is 5.07. The van der Waals surface area contributed by atoms with Gasteiger partial charge in [-0.25, -0.2) is 0 Å². The van der Waals surface area contributed by atoms with E-state index in [-0.39, 0.29) is 0 Å². The van der Waals surface area contributed by atoms with Gasteiger partial charge < -0.3 is 10.6 Å². The van der Waals surface area contributed by atoms with Crippen molar-refractivity contribution in [3.05, 3.63) is 0 Å². The highest BCUT2D eigenvalue weighted by molar-refractivity contribution is 4.83. The maximum absolute atomic E-state index is 5.91. The molecule has 0 heterocycles. The lowest BCUT2D eigenvalue weighted by molar-refractivity contribution is 0.145. The third kappa shape index (κ3) is 3.76. The van der Waals surface area contributed by atoms with Crippen LogP contribution in [-0.2, 0) is 0 Å². The molecule has 1 rings (SSSR count). The van der Waals surface area contributed by atoms with Crippen molar-refractivity contribution >= 4 is 0 Å². The third-order valence-electron chi connectivity index (χ3n) is 3.93. The molecule has 2 N–H and O–H groups in total. The van der Waals surface area contributed by atoms with Crippen molar-refractivity contribution in [2.45, 2.75) is 58.4 Å². The van der Waals surface area contributed by atoms with Gasteiger partial charge in [0.1, 0.15) is 0 Å². The number of hydrogen-bond acceptors (Lipinski definition) is 2. The SMILES string of the molecule is CCCC(C)(CN)CN(C)C1CCCC1. The summed E-state index contributed by atoms with van der Waals surface area (Å²) in [6.45, 7) is 6.57. The van der Waals surface area contributed by atoms with Gasteiger partial charge in [0.05, 0.1) is 0 Å². The average Bonchev–Trinajstić information content (AvgIpc) is 2.71. The highest BCUT2D eigenvalue weighted by atomic mass is 15.1. The first kappa shape index (κ1) is 13.0. The van der Waals surface area contributed by atoms with Gasteiger partial charge in [-0.1, -0.05) is 33.1 Å². The first-order valence-corrected chi connectivity index (χ1v) is 6.51. The van der Waals surface area contributed by atoms with Crippen LogP contribution in [0.25, 0.3) is 0 Å². The zero-order chi connectivity index (χ0) is 11.3. The molecule has 1 aliphatic rings. The van der Waals surface area contributed by atoms with E-state index in [2.05, 4.69) is 25.8 Å². The number of rotatable bonds is 6. The Balaban J connectivity index is 2.42. The van der Waals surface area contributed by atoms with Crippen LogP contribution in [0.3, 0.4) is 0 Å². The average molecular weight is 212 g/mol. The lowest BCUT2D eigenvalue weighted by atomic mass is 9.85. The lowest BCUT2D eigenvalue weighted by Gasteiger charge is -2.35. The van der Waals surface area contributed by atoms with Crippen LogP contribution < -0.4 is 5.73 Å². The number of nitrogens with two attached hydrogens (primary N) is 1. The second-order valence-electron chi connectivity index (χ2n) is 5.62. The maximum Gasteiger partial charge on any atom is 0.00924 e. The summed E-state index contributed by atoms with van der Waals surface area (Å²) in [6, 6.07) is 0.827. The summed E-state index contributed by atoms with van der Waals surface area (Å²) in [4.78, 5) is 2.55. The molecule has 90 valence electrons. The van der Waals surface area contributed by atoms with E-state index in [0.29, 0.717) is 5.41 Å². The van der Waals surface area contributed by atoms with Crippen molar-refractivity contribution < 1.29 is 0 Å². The molecule has 0 aromatic rings. The molecule has 0 radical (unpaired) electrons. The monoisotopic (exact) mass is 212 g/mol. The largest absolute Gasteiger partial charge is 0.330 e. The Morgan fingerprint density at radius 2 is 1.93 bits per heavy atom. The van der Waals surface area contributed by atoms with Crippen LogP contribution in [0.2, 0.25) is 0 Å². The second-order valence-corrected chi connectivity index (χ2v) is 5.62. The van der Waals surface area contributed by atoms with Gasteiger partial charge in [-0.05, 0) is 38.3 Å². The Morgan fingerprint density at radius 1 is 1.33 bits per heavy atom. The Hall–Kier alpha value is -0.0800. The molecule has 0 aromatic carbocycles. The van der Waals surface area contributed by atoms with Gasteiger partial charge in [-0.15, -0.1) is 0 Å². The minimum absolute atomic E-state index is 0.325. The molecule has 1 aliphatic carbocycles. The summed E-state index contributed by atoms with van der Waals surface area (Å²) < 4.78 is 0. The van der Waals surface area contributed by atoms with Crippen LogP contribution in [0.15, 0.2) is 0 Å². The van der Waals surface area contributed by atoms with Crippen LogP contribution in [0.1, 0.15) is 52.4 Å². The van der Waals surface area contributed by atoms with E-state index in [1.165, 1.54) is 45.1 Å². The van der Waals surface area contributed by atoms with Crippen molar-refractivity contribution in [1.29, 1.82) is 0 Å². The van der Waals surface area contributed by atoms with Crippen LogP contribution in [0, 0.1) is 5.41 Å². The summed E-state index contributed by atoms with van der Waals surface area (Å²) in [5.41, 5.74) is 6.24. The molecule has 1 saturated carbocycles. The molecule has 1 unspecified atom stereocenters. The molecule has 2 nitrogen and oxygen atoms in total. The summed E-state index contributed by atoms with van der Waals surface area (Å²) in [5, 5.41) is 0. The quantitative estimate of drug-likeness (QED) is 0.733. The fraction of sp³-hybridized carbons (Fsp3) is 1.00. The lowest BCUT2D eigenvalue weighted by Crippen LogP contribution is -2.42. The van der Waals surface area contributed by atoms with Gasteiger partial charge in [0.2, 0.25) is 0 Å². The fourth-order valence-corrected chi connectivity index (χ4v) is 2.93. The summed E-state index contributed by atoms with van der Waals surface area (Å²) in [7, 11) is 2.28. The molecular weight excluding hydrogens is 184 g/mol. The van der Waals surface area contributed by atoms with Gasteiger partial charge in [0, 0.05) is 12.6 Å². The van der Waals surface area contributed by atoms with E-state index in [0.717, 1.165) is 12.6 Å². The van der Waals surface area contributed by atoms with Crippen LogP contribution >= 0.6 is 0 Å². The predicted molar refractivity (Wildman–Crippen MR) is 67.0 cm³/mol. The van der Waals surface area contributed by atoms with Crippen molar-refractivity contribution in [3.8, 4) is 0 Å². The number of nitrogens with zero attached hydrogens (tertiary/aromatic N) is 1. The first-order valence-electron chi connectivity index (χ1n) is 6.51. The second kappa shape index (κ2) is 5.86. The van der Waals surface area contributed by atoms with E-state index >= 15 is 0 Å². The molecular formula is C13H28N2. The predicted octanol–water partition coefficient (Wildman–Crippen LogP) is 2.63. The Morgan fingerprint density at radius 3 is 2.40 bits per heavy atom. The van der Waals surface area contributed by atoms with Gasteiger partial charge in [-0.2, -0.15) is 0 Å². The molecule has 0 aromatic heterocycles. The Labute approximate surface area is 95.2 Å². The van der Waals surface area contributed by atoms with E-state index in [1.54, 1.807) is 0 Å². The van der Waals surface area contributed by atoms with E-state index in [9.17, 15) is 0 Å². The topological polar surface area (TPSA) is 29.3 Å². The minimum atomic E-state index is 0.325. The van der Waals surface area contributed by atoms with Crippen molar-refractivity contribution in [3.63, 3.8) is 0 Å². The zero-order valence-corrected chi connectivity index (χ0v) is 10.8. The van der Waals surface area contributed by atoms with Crippen LogP contribution in [0.4, 0.5) is 0 Å². The standard InChI is InChI=1S/C13H28N2/c1-4-9-13(2,10-14)11-15(3)12-7-5-6-8-12/h12H,4-11,14H2,1-3H3. The minimum Gasteiger partial charge on any atom is -0.330 e. The van der Waals surface area contributed by atoms with Gasteiger partial charge in [0.15, 0.2) is 0 Å². The van der Waals surface area contributed by atoms with Crippen molar-refractivity contribution in [2.75, 3.05) is 20.1 Å². The highest BCUT2D eigenvalue weighted by Crippen LogP contribution is 2.28. The molecule has 1 atom stereocenters. The normalized spacial score (nSPS) is 22.2. The van der Waals surface area contributed by atoms with E-state index in [4.69, 9.17) is 5.73 Å². The fourth-order valence-electron chi connectivity index (χ4n) is 2.93. The van der Waals surface area contributed by atoms with E-state index < -0.39 is 0 Å². The molecule has 15 heavy (non-hydrogen) atoms. The number of hydrogen-bond donors (Lipinski definition) is 1. The first-order chi connectivity index (χ1) is 7.11. The summed E-state index contributed by atoms with van der Waals surface area (Å²) in [5.74, 6) is 0. The molecule has 0 saturated heterocycles. The smallest absolute Gasteiger partial charge is 0.00924 e. The Bertz CT molecular complexity index is 175. The molecule has 2 heteroatoms. The molecule has 0 aliphatic heterocycles. The third-order valence-corrected chi connectivity index (χ3v) is 3.93. The molecule has 0 spiro atoms. The summed E-state index contributed by atoms with van der Waals surface area (Å²) in [6.07, 6.45) is 8.11. The summed E-state index contributed by atoms with van der Waals surface area (Å²) >= 11 is 0. The van der Waals surface area contributed by atoms with Crippen LogP contribution in [-0.4, -0.2) is 31.1 Å². The van der Waals surface area contributed by atoms with Gasteiger partial charge in [0.25, 0.3) is 0 Å². The molecule has 0 amide bonds. The van der Waals surface area contributed by atoms with Crippen LogP contribution in [0.5, 0.6) is 0 Å². The van der Waals surface area contributed by atoms with Crippen molar-refractivity contribution in [1.82, 2.24) is 4.90 Å².